The molecule has 1 atom stereocenters. The molecule has 1 rings (SSSR count). The van der Waals surface area contributed by atoms with Gasteiger partial charge < -0.3 is 10.4 Å². The summed E-state index contributed by atoms with van der Waals surface area (Å²) in [4.78, 5) is 28.7. The van der Waals surface area contributed by atoms with E-state index in [1.165, 1.54) is 0 Å². The van der Waals surface area contributed by atoms with Crippen molar-refractivity contribution in [2.24, 2.45) is 0 Å². The average Bonchev–Trinajstić information content (AvgIpc) is 2.27. The van der Waals surface area contributed by atoms with Crippen LogP contribution in [0.5, 0.6) is 0 Å². The summed E-state index contributed by atoms with van der Waals surface area (Å²) in [6.45, 7) is 0. The van der Waals surface area contributed by atoms with E-state index < -0.39 is 5.97 Å². The van der Waals surface area contributed by atoms with Crippen LogP contribution in [0.4, 0.5) is 0 Å². The van der Waals surface area contributed by atoms with Crippen molar-refractivity contribution in [3.63, 3.8) is 0 Å². The first kappa shape index (κ1) is 12.1. The number of aromatic nitrogens is 2. The highest BCUT2D eigenvalue weighted by Crippen LogP contribution is 2.04. The van der Waals surface area contributed by atoms with Gasteiger partial charge in [-0.3, -0.25) is 19.6 Å². The van der Waals surface area contributed by atoms with Gasteiger partial charge >= 0.3 is 5.97 Å². The van der Waals surface area contributed by atoms with Crippen LogP contribution in [0.1, 0.15) is 18.5 Å². The van der Waals surface area contributed by atoms with Crippen molar-refractivity contribution in [3.8, 4) is 0 Å². The maximum absolute atomic E-state index is 10.4. The quantitative estimate of drug-likeness (QED) is 0.635. The zero-order valence-corrected chi connectivity index (χ0v) is 8.67. The Hall–Kier alpha value is -1.98. The van der Waals surface area contributed by atoms with E-state index in [1.54, 1.807) is 18.6 Å². The molecule has 0 aliphatic heterocycles. The van der Waals surface area contributed by atoms with Crippen LogP contribution in [-0.4, -0.2) is 33.5 Å². The van der Waals surface area contributed by atoms with Crippen LogP contribution in [0, 0.1) is 0 Å². The maximum atomic E-state index is 10.4. The molecule has 1 aromatic heterocycles. The molecular weight excluding hydrogens is 210 g/mol. The molecule has 0 spiro atoms. The van der Waals surface area contributed by atoms with Gasteiger partial charge in [0.25, 0.3) is 0 Å². The van der Waals surface area contributed by atoms with Crippen molar-refractivity contribution in [2.45, 2.75) is 25.3 Å². The van der Waals surface area contributed by atoms with Crippen LogP contribution in [0.25, 0.3) is 0 Å². The highest BCUT2D eigenvalue weighted by atomic mass is 16.4. The maximum Gasteiger partial charge on any atom is 0.303 e. The molecule has 0 saturated heterocycles. The number of nitrogens with one attached hydrogen (secondary N) is 1. The predicted octanol–water partition coefficient (Wildman–Crippen LogP) is -0.00150. The first-order chi connectivity index (χ1) is 7.72. The summed E-state index contributed by atoms with van der Waals surface area (Å²) < 4.78 is 0. The number of carboxylic acids is 1. The van der Waals surface area contributed by atoms with Crippen LogP contribution in [0.15, 0.2) is 18.6 Å². The van der Waals surface area contributed by atoms with Gasteiger partial charge in [0.2, 0.25) is 6.41 Å². The molecule has 0 aromatic carbocycles. The van der Waals surface area contributed by atoms with Gasteiger partial charge in [0.15, 0.2) is 0 Å². The van der Waals surface area contributed by atoms with Crippen LogP contribution in [0.3, 0.4) is 0 Å². The van der Waals surface area contributed by atoms with Gasteiger partial charge in [-0.25, -0.2) is 0 Å². The third-order valence-electron chi connectivity index (χ3n) is 2.08. The molecule has 0 fully saturated rings. The second-order valence-electron chi connectivity index (χ2n) is 3.31. The Kier molecular flexibility index (Phi) is 4.91. The normalized spacial score (nSPS) is 11.8. The summed E-state index contributed by atoms with van der Waals surface area (Å²) in [5.74, 6) is -0.878. The van der Waals surface area contributed by atoms with Gasteiger partial charge in [0.05, 0.1) is 5.69 Å². The highest BCUT2D eigenvalue weighted by Gasteiger charge is 2.11. The van der Waals surface area contributed by atoms with Crippen molar-refractivity contribution < 1.29 is 14.7 Å². The molecule has 0 aliphatic rings. The monoisotopic (exact) mass is 223 g/mol. The van der Waals surface area contributed by atoms with E-state index in [0.29, 0.717) is 19.3 Å². The Bertz CT molecular complexity index is 342. The van der Waals surface area contributed by atoms with E-state index in [1.807, 2.05) is 0 Å². The van der Waals surface area contributed by atoms with E-state index in [4.69, 9.17) is 5.11 Å². The highest BCUT2D eigenvalue weighted by molar-refractivity contribution is 5.66. The molecule has 6 nitrogen and oxygen atoms in total. The third kappa shape index (κ3) is 4.50. The number of aliphatic carboxylic acids is 1. The number of amides is 1. The molecule has 0 saturated carbocycles. The minimum atomic E-state index is -0.878. The zero-order chi connectivity index (χ0) is 11.8. The SMILES string of the molecule is O=CNC(CCC(=O)O)Cc1cnccn1. The Morgan fingerprint density at radius 2 is 2.38 bits per heavy atom. The van der Waals surface area contributed by atoms with Gasteiger partial charge in [-0.2, -0.15) is 0 Å². The molecule has 2 N–H and O–H groups in total. The molecule has 16 heavy (non-hydrogen) atoms. The summed E-state index contributed by atoms with van der Waals surface area (Å²) in [5, 5.41) is 11.1. The van der Waals surface area contributed by atoms with Gasteiger partial charge in [0.1, 0.15) is 0 Å². The van der Waals surface area contributed by atoms with Crippen molar-refractivity contribution in [1.29, 1.82) is 0 Å². The molecule has 0 radical (unpaired) electrons. The fraction of sp³-hybridized carbons (Fsp3) is 0.400. The van der Waals surface area contributed by atoms with Crippen molar-refractivity contribution in [3.05, 3.63) is 24.3 Å². The largest absolute Gasteiger partial charge is 0.481 e. The summed E-state index contributed by atoms with van der Waals surface area (Å²) in [5.41, 5.74) is 0.729. The summed E-state index contributed by atoms with van der Waals surface area (Å²) in [6.07, 6.45) is 6.17. The van der Waals surface area contributed by atoms with Crippen LogP contribution in [0.2, 0.25) is 0 Å². The second kappa shape index (κ2) is 6.49. The van der Waals surface area contributed by atoms with Crippen LogP contribution in [-0.2, 0) is 16.0 Å². The molecule has 0 aliphatic carbocycles. The Morgan fingerprint density at radius 1 is 1.56 bits per heavy atom. The Labute approximate surface area is 92.7 Å². The van der Waals surface area contributed by atoms with Crippen molar-refractivity contribution in [2.75, 3.05) is 0 Å². The summed E-state index contributed by atoms with van der Waals surface area (Å²) in [6, 6.07) is -0.217. The summed E-state index contributed by atoms with van der Waals surface area (Å²) in [7, 11) is 0. The van der Waals surface area contributed by atoms with Gasteiger partial charge in [-0.15, -0.1) is 0 Å². The number of hydrogen-bond donors (Lipinski definition) is 2. The number of carbonyl (C=O) groups is 2. The topological polar surface area (TPSA) is 92.2 Å². The fourth-order valence-electron chi connectivity index (χ4n) is 1.33. The molecule has 1 aromatic rings. The lowest BCUT2D eigenvalue weighted by atomic mass is 10.1. The van der Waals surface area contributed by atoms with Gasteiger partial charge in [0, 0.05) is 37.5 Å². The van der Waals surface area contributed by atoms with Gasteiger partial charge in [-0.1, -0.05) is 0 Å². The smallest absolute Gasteiger partial charge is 0.303 e. The van der Waals surface area contributed by atoms with Crippen molar-refractivity contribution >= 4 is 12.4 Å². The standard InChI is InChI=1S/C10H13N3O3/c14-7-13-8(1-2-10(15)16)5-9-6-11-3-4-12-9/h3-4,6-8H,1-2,5H2,(H,13,14)(H,15,16). The molecule has 1 unspecified atom stereocenters. The molecular formula is C10H13N3O3. The first-order valence-electron chi connectivity index (χ1n) is 4.88. The molecule has 1 amide bonds. The lowest BCUT2D eigenvalue weighted by molar-refractivity contribution is -0.137. The number of carboxylic acid groups (broad SMARTS) is 1. The van der Waals surface area contributed by atoms with Gasteiger partial charge in [-0.05, 0) is 6.42 Å². The van der Waals surface area contributed by atoms with E-state index in [0.717, 1.165) is 5.69 Å². The Balaban J connectivity index is 2.50. The number of carbonyl (C=O) groups excluding carboxylic acids is 1. The third-order valence-corrected chi connectivity index (χ3v) is 2.08. The second-order valence-corrected chi connectivity index (χ2v) is 3.31. The fourth-order valence-corrected chi connectivity index (χ4v) is 1.33. The van der Waals surface area contributed by atoms with E-state index in [-0.39, 0.29) is 12.5 Å². The molecule has 6 heteroatoms. The number of hydrogen-bond acceptors (Lipinski definition) is 4. The van der Waals surface area contributed by atoms with E-state index >= 15 is 0 Å². The number of nitrogens with zero attached hydrogens (tertiary/aromatic N) is 2. The number of rotatable bonds is 7. The van der Waals surface area contributed by atoms with E-state index in [2.05, 4.69) is 15.3 Å². The van der Waals surface area contributed by atoms with Crippen LogP contribution < -0.4 is 5.32 Å². The first-order valence-corrected chi connectivity index (χ1v) is 4.88. The lowest BCUT2D eigenvalue weighted by Gasteiger charge is -2.13. The lowest BCUT2D eigenvalue weighted by Crippen LogP contribution is -2.30. The molecule has 86 valence electrons. The van der Waals surface area contributed by atoms with Crippen LogP contribution >= 0.6 is 0 Å². The minimum Gasteiger partial charge on any atom is -0.481 e. The predicted molar refractivity (Wildman–Crippen MR) is 55.6 cm³/mol. The molecule has 0 bridgehead atoms. The van der Waals surface area contributed by atoms with E-state index in [9.17, 15) is 9.59 Å². The minimum absolute atomic E-state index is 0.0196. The average molecular weight is 223 g/mol. The van der Waals surface area contributed by atoms with Crippen molar-refractivity contribution in [1.82, 2.24) is 15.3 Å². The summed E-state index contributed by atoms with van der Waals surface area (Å²) >= 11 is 0. The Morgan fingerprint density at radius 3 is 2.94 bits per heavy atom. The molecule has 1 heterocycles. The zero-order valence-electron chi connectivity index (χ0n) is 8.67.